The summed E-state index contributed by atoms with van der Waals surface area (Å²) in [6.07, 6.45) is 0. The van der Waals surface area contributed by atoms with Gasteiger partial charge < -0.3 is 12.6 Å². The molecule has 0 N–H and O–H groups in total. The summed E-state index contributed by atoms with van der Waals surface area (Å²) in [7, 11) is 0. The van der Waals surface area contributed by atoms with Crippen molar-refractivity contribution < 1.29 is 4.80 Å². The van der Waals surface area contributed by atoms with Gasteiger partial charge in [0.1, 0.15) is 5.69 Å². The van der Waals surface area contributed by atoms with Crippen molar-refractivity contribution in [3.05, 3.63) is 59.7 Å². The summed E-state index contributed by atoms with van der Waals surface area (Å²) >= 11 is 5.14. The number of benzene rings is 2. The number of rotatable bonds is 2. The van der Waals surface area contributed by atoms with E-state index in [4.69, 9.17) is 12.6 Å². The Morgan fingerprint density at radius 3 is 2.30 bits per heavy atom. The normalized spacial score (nSPS) is 10.7. The van der Waals surface area contributed by atoms with Gasteiger partial charge in [-0.05, 0) is 41.4 Å². The summed E-state index contributed by atoms with van der Waals surface area (Å²) in [6, 6.07) is 16.1. The largest absolute Gasteiger partial charge is 0.706 e. The molecule has 2 aromatic carbocycles. The Kier molecular flexibility index (Phi) is 3.20. The first-order valence-electron chi connectivity index (χ1n) is 6.35. The highest BCUT2D eigenvalue weighted by molar-refractivity contribution is 7.58. The topological polar surface area (TPSA) is 34.6 Å². The van der Waals surface area contributed by atoms with Gasteiger partial charge in [0, 0.05) is 15.5 Å². The summed E-state index contributed by atoms with van der Waals surface area (Å²) in [5, 5.41) is 9.02. The summed E-state index contributed by atoms with van der Waals surface area (Å²) in [4.78, 5) is 3.50. The molecule has 5 heteroatoms. The maximum absolute atomic E-state index is 5.14. The molecule has 3 aromatic rings. The molecule has 0 aliphatic rings. The molecule has 0 amide bonds. The minimum absolute atomic E-state index is 0.330. The molecule has 0 aliphatic heterocycles. The maximum Gasteiger partial charge on any atom is 0.195 e. The van der Waals surface area contributed by atoms with Crippen LogP contribution in [0, 0.1) is 13.8 Å². The number of aromatic nitrogens is 4. The third-order valence-corrected chi connectivity index (χ3v) is 3.37. The summed E-state index contributed by atoms with van der Waals surface area (Å²) in [5.41, 5.74) is 4.18. The van der Waals surface area contributed by atoms with Gasteiger partial charge in [-0.1, -0.05) is 36.4 Å². The molecular weight excluding hydrogens is 268 g/mol. The molecule has 0 saturated carbocycles. The van der Waals surface area contributed by atoms with Gasteiger partial charge in [-0.25, -0.2) is 0 Å². The quantitative estimate of drug-likeness (QED) is 0.533. The van der Waals surface area contributed by atoms with E-state index in [2.05, 4.69) is 10.2 Å². The van der Waals surface area contributed by atoms with Crippen molar-refractivity contribution >= 4 is 12.6 Å². The van der Waals surface area contributed by atoms with E-state index in [0.717, 1.165) is 22.5 Å². The molecule has 4 nitrogen and oxygen atoms in total. The standard InChI is InChI=1S/C15H14N4S/c1-11-7-3-5-9-13(11)18-16-15(20)17-19(18)14-10-6-4-8-12(14)2/h3-10H,1-2H3. The van der Waals surface area contributed by atoms with Crippen molar-refractivity contribution in [3.63, 3.8) is 0 Å². The fourth-order valence-electron chi connectivity index (χ4n) is 2.15. The zero-order valence-corrected chi connectivity index (χ0v) is 12.1. The van der Waals surface area contributed by atoms with Crippen LogP contribution in [0.2, 0.25) is 0 Å². The molecule has 0 fully saturated rings. The third kappa shape index (κ3) is 2.16. The summed E-state index contributed by atoms with van der Waals surface area (Å²) in [6.45, 7) is 4.09. The predicted octanol–water partition coefficient (Wildman–Crippen LogP) is 2.07. The minimum atomic E-state index is 0.330. The van der Waals surface area contributed by atoms with Crippen molar-refractivity contribution in [2.24, 2.45) is 0 Å². The lowest BCUT2D eigenvalue weighted by Gasteiger charge is -2.04. The molecule has 1 heterocycles. The lowest BCUT2D eigenvalue weighted by atomic mass is 10.2. The summed E-state index contributed by atoms with van der Waals surface area (Å²) < 4.78 is 0. The van der Waals surface area contributed by atoms with Crippen LogP contribution in [-0.4, -0.2) is 15.0 Å². The van der Waals surface area contributed by atoms with Gasteiger partial charge in [0.25, 0.3) is 0 Å². The first-order valence-corrected chi connectivity index (χ1v) is 6.76. The van der Waals surface area contributed by atoms with E-state index in [1.807, 2.05) is 62.4 Å². The zero-order chi connectivity index (χ0) is 14.1. The van der Waals surface area contributed by atoms with Crippen LogP contribution >= 0.6 is 0 Å². The molecule has 0 radical (unpaired) electrons. The predicted molar refractivity (Wildman–Crippen MR) is 78.0 cm³/mol. The van der Waals surface area contributed by atoms with Crippen molar-refractivity contribution in [2.45, 2.75) is 19.0 Å². The Balaban J connectivity index is 2.25. The smallest absolute Gasteiger partial charge is 0.195 e. The highest BCUT2D eigenvalue weighted by Crippen LogP contribution is 2.12. The van der Waals surface area contributed by atoms with Crippen molar-refractivity contribution in [2.75, 3.05) is 0 Å². The Labute approximate surface area is 123 Å². The Morgan fingerprint density at radius 1 is 0.950 bits per heavy atom. The van der Waals surface area contributed by atoms with E-state index >= 15 is 0 Å². The van der Waals surface area contributed by atoms with Gasteiger partial charge in [0.2, 0.25) is 0 Å². The molecule has 1 aromatic heterocycles. The summed E-state index contributed by atoms with van der Waals surface area (Å²) in [5.74, 6) is 0. The molecule has 0 aliphatic carbocycles. The fraction of sp³-hybridized carbons (Fsp3) is 0.133. The zero-order valence-electron chi connectivity index (χ0n) is 11.3. The van der Waals surface area contributed by atoms with Gasteiger partial charge >= 0.3 is 0 Å². The van der Waals surface area contributed by atoms with Crippen LogP contribution in [0.5, 0.6) is 0 Å². The molecule has 0 bridgehead atoms. The van der Waals surface area contributed by atoms with Crippen LogP contribution in [0.4, 0.5) is 0 Å². The SMILES string of the molecule is Cc1ccccc1-n1nc([S-])n[n+]1-c1ccccc1C. The Hall–Kier alpha value is -2.27. The Bertz CT molecular complexity index is 701. The van der Waals surface area contributed by atoms with Crippen LogP contribution in [0.25, 0.3) is 11.4 Å². The number of para-hydroxylation sites is 2. The van der Waals surface area contributed by atoms with Crippen molar-refractivity contribution in [1.29, 1.82) is 0 Å². The third-order valence-electron chi connectivity index (χ3n) is 3.20. The van der Waals surface area contributed by atoms with Gasteiger partial charge in [0.05, 0.1) is 0 Å². The fourth-order valence-corrected chi connectivity index (χ4v) is 2.31. The second-order valence-electron chi connectivity index (χ2n) is 4.63. The number of tetrazole rings is 1. The highest BCUT2D eigenvalue weighted by Gasteiger charge is 2.19. The number of hydrogen-bond donors (Lipinski definition) is 0. The number of nitrogens with zero attached hydrogens (tertiary/aromatic N) is 4. The van der Waals surface area contributed by atoms with E-state index < -0.39 is 0 Å². The van der Waals surface area contributed by atoms with E-state index in [0.29, 0.717) is 5.16 Å². The number of hydrogen-bond acceptors (Lipinski definition) is 3. The average molecular weight is 282 g/mol. The van der Waals surface area contributed by atoms with Gasteiger partial charge in [-0.15, -0.1) is 0 Å². The maximum atomic E-state index is 5.14. The lowest BCUT2D eigenvalue weighted by Crippen LogP contribution is -2.44. The van der Waals surface area contributed by atoms with Crippen LogP contribution in [0.3, 0.4) is 0 Å². The van der Waals surface area contributed by atoms with Crippen LogP contribution in [-0.2, 0) is 12.6 Å². The molecule has 20 heavy (non-hydrogen) atoms. The molecule has 3 rings (SSSR count). The van der Waals surface area contributed by atoms with E-state index in [9.17, 15) is 0 Å². The molecule has 100 valence electrons. The Morgan fingerprint density at radius 2 is 1.60 bits per heavy atom. The van der Waals surface area contributed by atoms with Gasteiger partial charge in [0.15, 0.2) is 10.8 Å². The first-order chi connectivity index (χ1) is 9.66. The van der Waals surface area contributed by atoms with Crippen molar-refractivity contribution in [1.82, 2.24) is 15.0 Å². The van der Waals surface area contributed by atoms with Crippen molar-refractivity contribution in [3.8, 4) is 11.4 Å². The molecule has 0 spiro atoms. The minimum Gasteiger partial charge on any atom is -0.706 e. The highest BCUT2D eigenvalue weighted by atomic mass is 32.1. The lowest BCUT2D eigenvalue weighted by molar-refractivity contribution is -0.736. The average Bonchev–Trinajstić information content (AvgIpc) is 2.81. The second kappa shape index (κ2) is 5.02. The van der Waals surface area contributed by atoms with Crippen LogP contribution in [0.15, 0.2) is 53.7 Å². The number of aryl methyl sites for hydroxylation is 2. The van der Waals surface area contributed by atoms with Crippen LogP contribution in [0.1, 0.15) is 11.1 Å². The molecule has 0 unspecified atom stereocenters. The van der Waals surface area contributed by atoms with E-state index in [1.54, 1.807) is 9.59 Å². The molecular formula is C15H14N4S. The second-order valence-corrected chi connectivity index (χ2v) is 5.00. The monoisotopic (exact) mass is 282 g/mol. The molecule has 0 saturated heterocycles. The van der Waals surface area contributed by atoms with Gasteiger partial charge in [-0.3, -0.25) is 0 Å². The first kappa shape index (κ1) is 12.7. The van der Waals surface area contributed by atoms with Gasteiger partial charge in [-0.2, -0.15) is 0 Å². The van der Waals surface area contributed by atoms with E-state index in [1.165, 1.54) is 0 Å². The van der Waals surface area contributed by atoms with E-state index in [-0.39, 0.29) is 0 Å². The molecule has 0 atom stereocenters. The van der Waals surface area contributed by atoms with Crippen LogP contribution < -0.4 is 4.80 Å².